The zero-order valence-corrected chi connectivity index (χ0v) is 18.7. The molecule has 0 aromatic carbocycles. The van der Waals surface area contributed by atoms with Gasteiger partial charge in [0.1, 0.15) is 11.9 Å². The lowest BCUT2D eigenvalue weighted by molar-refractivity contribution is 0.124. The van der Waals surface area contributed by atoms with E-state index in [0.717, 1.165) is 17.0 Å². The number of aryl methyl sites for hydroxylation is 1. The molecule has 4 heterocycles. The van der Waals surface area contributed by atoms with E-state index in [1.54, 1.807) is 35.6 Å². The van der Waals surface area contributed by atoms with Gasteiger partial charge in [-0.3, -0.25) is 4.98 Å². The quantitative estimate of drug-likeness (QED) is 0.578. The molecule has 3 aromatic rings. The number of hydrogen-bond donors (Lipinski definition) is 0. The number of ether oxygens (including phenoxy) is 1. The van der Waals surface area contributed by atoms with E-state index in [1.165, 1.54) is 4.31 Å². The third kappa shape index (κ3) is 4.59. The summed E-state index contributed by atoms with van der Waals surface area (Å²) in [7, 11) is -1.80. The second kappa shape index (κ2) is 8.72. The smallest absolute Gasteiger partial charge is 0.316 e. The van der Waals surface area contributed by atoms with E-state index in [9.17, 15) is 8.42 Å². The number of nitrogens with zero attached hydrogens (tertiary/aromatic N) is 6. The molecule has 0 spiro atoms. The van der Waals surface area contributed by atoms with E-state index in [-0.39, 0.29) is 17.0 Å². The number of sulfonamides is 1. The van der Waals surface area contributed by atoms with Crippen molar-refractivity contribution in [3.8, 4) is 17.1 Å². The summed E-state index contributed by atoms with van der Waals surface area (Å²) in [6.07, 6.45) is 9.46. The highest BCUT2D eigenvalue weighted by molar-refractivity contribution is 7.89. The van der Waals surface area contributed by atoms with Gasteiger partial charge in [-0.15, -0.1) is 0 Å². The molecule has 0 atom stereocenters. The Morgan fingerprint density at radius 1 is 1.06 bits per heavy atom. The summed E-state index contributed by atoms with van der Waals surface area (Å²) in [6, 6.07) is 4.08. The Hall–Kier alpha value is -2.85. The van der Waals surface area contributed by atoms with Crippen LogP contribution < -0.4 is 4.74 Å². The van der Waals surface area contributed by atoms with Gasteiger partial charge in [0, 0.05) is 62.6 Å². The minimum atomic E-state index is -3.62. The summed E-state index contributed by atoms with van der Waals surface area (Å²) >= 11 is 0. The molecule has 0 amide bonds. The predicted molar refractivity (Wildman–Crippen MR) is 115 cm³/mol. The van der Waals surface area contributed by atoms with Crippen molar-refractivity contribution in [2.45, 2.75) is 43.7 Å². The molecule has 164 valence electrons. The third-order valence-electron chi connectivity index (χ3n) is 5.33. The van der Waals surface area contributed by atoms with Crippen molar-refractivity contribution < 1.29 is 13.2 Å². The number of imidazole rings is 1. The van der Waals surface area contributed by atoms with Crippen LogP contribution in [-0.4, -0.2) is 56.4 Å². The van der Waals surface area contributed by atoms with E-state index >= 15 is 0 Å². The van der Waals surface area contributed by atoms with E-state index < -0.39 is 10.0 Å². The van der Waals surface area contributed by atoms with Crippen molar-refractivity contribution in [2.24, 2.45) is 7.05 Å². The maximum absolute atomic E-state index is 13.0. The monoisotopic (exact) mass is 442 g/mol. The first kappa shape index (κ1) is 21.4. The lowest BCUT2D eigenvalue weighted by Crippen LogP contribution is -2.42. The van der Waals surface area contributed by atoms with E-state index in [2.05, 4.69) is 19.9 Å². The second-order valence-corrected chi connectivity index (χ2v) is 9.80. The Bertz CT molecular complexity index is 1120. The first-order chi connectivity index (χ1) is 14.8. The fourth-order valence-corrected chi connectivity index (χ4v) is 5.11. The molecule has 1 aliphatic rings. The molecule has 0 N–H and O–H groups in total. The normalized spacial score (nSPS) is 16.0. The molecule has 1 saturated heterocycles. The fourth-order valence-electron chi connectivity index (χ4n) is 3.66. The second-order valence-electron chi connectivity index (χ2n) is 7.91. The van der Waals surface area contributed by atoms with Crippen LogP contribution >= 0.6 is 0 Å². The minimum Gasteiger partial charge on any atom is -0.460 e. The molecule has 0 aliphatic carbocycles. The van der Waals surface area contributed by atoms with Crippen LogP contribution in [0, 0.1) is 0 Å². The zero-order chi connectivity index (χ0) is 22.0. The van der Waals surface area contributed by atoms with Crippen molar-refractivity contribution >= 4 is 10.0 Å². The number of aromatic nitrogens is 5. The molecule has 9 nitrogen and oxygen atoms in total. The Kier molecular flexibility index (Phi) is 6.01. The Morgan fingerprint density at radius 2 is 1.71 bits per heavy atom. The summed E-state index contributed by atoms with van der Waals surface area (Å²) in [5, 5.41) is 0.105. The van der Waals surface area contributed by atoms with Crippen LogP contribution in [0.4, 0.5) is 0 Å². The lowest BCUT2D eigenvalue weighted by Gasteiger charge is -2.30. The summed E-state index contributed by atoms with van der Waals surface area (Å²) in [5.41, 5.74) is 1.86. The molecular formula is C21H26N6O3S. The van der Waals surface area contributed by atoms with Crippen molar-refractivity contribution in [3.05, 3.63) is 48.9 Å². The van der Waals surface area contributed by atoms with Gasteiger partial charge in [-0.25, -0.2) is 23.4 Å². The van der Waals surface area contributed by atoms with Gasteiger partial charge in [-0.2, -0.15) is 4.31 Å². The highest BCUT2D eigenvalue weighted by Crippen LogP contribution is 2.24. The van der Waals surface area contributed by atoms with Gasteiger partial charge in [0.15, 0.2) is 5.03 Å². The van der Waals surface area contributed by atoms with Crippen molar-refractivity contribution in [1.82, 2.24) is 28.8 Å². The summed E-state index contributed by atoms with van der Waals surface area (Å²) < 4.78 is 35.1. The zero-order valence-electron chi connectivity index (χ0n) is 17.8. The van der Waals surface area contributed by atoms with E-state index in [4.69, 9.17) is 4.74 Å². The number of rotatable bonds is 6. The van der Waals surface area contributed by atoms with Gasteiger partial charge in [0.25, 0.3) is 10.0 Å². The van der Waals surface area contributed by atoms with Crippen molar-refractivity contribution in [1.29, 1.82) is 0 Å². The first-order valence-corrected chi connectivity index (χ1v) is 11.7. The Morgan fingerprint density at radius 3 is 2.29 bits per heavy atom. The third-order valence-corrected chi connectivity index (χ3v) is 7.10. The first-order valence-electron chi connectivity index (χ1n) is 10.3. The largest absolute Gasteiger partial charge is 0.460 e. The number of hydrogen-bond acceptors (Lipinski definition) is 7. The molecule has 0 radical (unpaired) electrons. The van der Waals surface area contributed by atoms with Crippen LogP contribution in [0.3, 0.4) is 0 Å². The van der Waals surface area contributed by atoms with Crippen LogP contribution in [-0.2, 0) is 17.1 Å². The SMILES string of the molecule is CC(C)c1nc(S(=O)(=O)N2CCC(Oc3ncc(-c4ccncc4)cn3)CC2)cn1C. The van der Waals surface area contributed by atoms with Crippen LogP contribution in [0.25, 0.3) is 11.1 Å². The van der Waals surface area contributed by atoms with E-state index in [1.807, 2.05) is 33.0 Å². The average molecular weight is 443 g/mol. The Labute approximate surface area is 182 Å². The lowest BCUT2D eigenvalue weighted by atomic mass is 10.1. The van der Waals surface area contributed by atoms with Crippen LogP contribution in [0.1, 0.15) is 38.4 Å². The average Bonchev–Trinajstić information content (AvgIpc) is 3.18. The fraction of sp³-hybridized carbons (Fsp3) is 0.429. The van der Waals surface area contributed by atoms with Crippen LogP contribution in [0.15, 0.2) is 48.1 Å². The summed E-state index contributed by atoms with van der Waals surface area (Å²) in [4.78, 5) is 16.9. The number of pyridine rings is 1. The maximum Gasteiger partial charge on any atom is 0.316 e. The number of piperidine rings is 1. The molecule has 3 aromatic heterocycles. The highest BCUT2D eigenvalue weighted by Gasteiger charge is 2.32. The minimum absolute atomic E-state index is 0.105. The van der Waals surface area contributed by atoms with Gasteiger partial charge in [0.05, 0.1) is 0 Å². The maximum atomic E-state index is 13.0. The van der Waals surface area contributed by atoms with Gasteiger partial charge >= 0.3 is 6.01 Å². The van der Waals surface area contributed by atoms with Crippen LogP contribution in [0.5, 0.6) is 6.01 Å². The molecule has 0 bridgehead atoms. The van der Waals surface area contributed by atoms with Crippen molar-refractivity contribution in [3.63, 3.8) is 0 Å². The predicted octanol–water partition coefficient (Wildman–Crippen LogP) is 2.63. The molecule has 0 saturated carbocycles. The van der Waals surface area contributed by atoms with Gasteiger partial charge < -0.3 is 9.30 Å². The molecule has 0 unspecified atom stereocenters. The molecule has 10 heteroatoms. The molecule has 31 heavy (non-hydrogen) atoms. The van der Waals surface area contributed by atoms with Gasteiger partial charge in [-0.1, -0.05) is 13.8 Å². The molecule has 1 fully saturated rings. The van der Waals surface area contributed by atoms with Gasteiger partial charge in [0.2, 0.25) is 0 Å². The molecular weight excluding hydrogens is 416 g/mol. The van der Waals surface area contributed by atoms with E-state index in [0.29, 0.717) is 31.9 Å². The standard InChI is InChI=1S/C21H26N6O3S/c1-15(2)20-25-19(14-26(20)3)31(28,29)27-10-6-18(7-11-27)30-21-23-12-17(13-24-21)16-4-8-22-9-5-16/h4-5,8-9,12-15,18H,6-7,10-11H2,1-3H3. The van der Waals surface area contributed by atoms with Crippen LogP contribution in [0.2, 0.25) is 0 Å². The Balaban J connectivity index is 1.37. The topological polar surface area (TPSA) is 103 Å². The summed E-state index contributed by atoms with van der Waals surface area (Å²) in [5.74, 6) is 0.905. The summed E-state index contributed by atoms with van der Waals surface area (Å²) in [6.45, 7) is 4.73. The highest BCUT2D eigenvalue weighted by atomic mass is 32.2. The molecule has 4 rings (SSSR count). The van der Waals surface area contributed by atoms with Gasteiger partial charge in [-0.05, 0) is 30.5 Å². The van der Waals surface area contributed by atoms with Crippen molar-refractivity contribution in [2.75, 3.05) is 13.1 Å². The molecule has 1 aliphatic heterocycles.